The SMILES string of the molecule is NC1=CC=C(N)S(N)=C1. The molecule has 0 radical (unpaired) electrons. The molecule has 9 heavy (non-hydrogen) atoms. The Hall–Kier alpha value is -0.740. The van der Waals surface area contributed by atoms with Gasteiger partial charge in [0, 0.05) is 11.1 Å². The highest BCUT2D eigenvalue weighted by Gasteiger charge is 1.96. The van der Waals surface area contributed by atoms with E-state index in [1.807, 2.05) is 0 Å². The lowest BCUT2D eigenvalue weighted by Gasteiger charge is -2.06. The molecule has 1 atom stereocenters. The molecule has 0 aromatic heterocycles. The molecule has 6 N–H and O–H groups in total. The lowest BCUT2D eigenvalue weighted by Crippen LogP contribution is -2.09. The van der Waals surface area contributed by atoms with Gasteiger partial charge in [-0.05, 0) is 12.2 Å². The fourth-order valence-corrected chi connectivity index (χ4v) is 1.24. The van der Waals surface area contributed by atoms with Crippen molar-refractivity contribution in [1.29, 1.82) is 0 Å². The van der Waals surface area contributed by atoms with Crippen LogP contribution in [-0.2, 0) is 0 Å². The maximum Gasteiger partial charge on any atom is 0.0737 e. The van der Waals surface area contributed by atoms with Crippen molar-refractivity contribution in [1.82, 2.24) is 0 Å². The highest BCUT2D eigenvalue weighted by Crippen LogP contribution is 2.14. The molecule has 0 bridgehead atoms. The van der Waals surface area contributed by atoms with Gasteiger partial charge in [0.05, 0.1) is 5.03 Å². The quantitative estimate of drug-likeness (QED) is 0.403. The van der Waals surface area contributed by atoms with Crippen LogP contribution in [0.5, 0.6) is 0 Å². The zero-order chi connectivity index (χ0) is 6.85. The van der Waals surface area contributed by atoms with E-state index in [0.717, 1.165) is 0 Å². The van der Waals surface area contributed by atoms with Gasteiger partial charge >= 0.3 is 0 Å². The molecule has 4 heteroatoms. The molecule has 1 unspecified atom stereocenters. The van der Waals surface area contributed by atoms with Gasteiger partial charge in [-0.15, -0.1) is 0 Å². The minimum absolute atomic E-state index is 0.444. The van der Waals surface area contributed by atoms with Crippen LogP contribution < -0.4 is 16.6 Å². The second-order valence-electron chi connectivity index (χ2n) is 1.73. The molecule has 1 aliphatic heterocycles. The molecule has 0 aliphatic carbocycles. The Morgan fingerprint density at radius 3 is 2.33 bits per heavy atom. The Balaban J connectivity index is 2.99. The van der Waals surface area contributed by atoms with Gasteiger partial charge in [-0.3, -0.25) is 5.14 Å². The molecule has 1 heterocycles. The number of nitrogens with two attached hydrogens (primary N) is 3. The third kappa shape index (κ3) is 1.34. The highest BCUT2D eigenvalue weighted by molar-refractivity contribution is 8.16. The predicted octanol–water partition coefficient (Wildman–Crippen LogP) is -0.413. The van der Waals surface area contributed by atoms with E-state index in [1.165, 1.54) is 0 Å². The first-order valence-corrected chi connectivity index (χ1v) is 3.80. The van der Waals surface area contributed by atoms with Gasteiger partial charge in [-0.1, -0.05) is 10.7 Å². The van der Waals surface area contributed by atoms with Crippen LogP contribution in [0, 0.1) is 0 Å². The molecular weight excluding hydrogens is 134 g/mol. The fraction of sp³-hybridized carbons (Fsp3) is 0. The summed E-state index contributed by atoms with van der Waals surface area (Å²) >= 11 is 0. The Morgan fingerprint density at radius 1 is 1.22 bits per heavy atom. The summed E-state index contributed by atoms with van der Waals surface area (Å²) in [5.74, 6) is 0. The maximum atomic E-state index is 5.53. The van der Waals surface area contributed by atoms with Crippen molar-refractivity contribution >= 4 is 16.0 Å². The van der Waals surface area contributed by atoms with Gasteiger partial charge in [0.15, 0.2) is 0 Å². The van der Waals surface area contributed by atoms with E-state index < -0.39 is 10.7 Å². The summed E-state index contributed by atoms with van der Waals surface area (Å²) in [5.41, 5.74) is 11.6. The van der Waals surface area contributed by atoms with E-state index in [4.69, 9.17) is 16.6 Å². The summed E-state index contributed by atoms with van der Waals surface area (Å²) < 4.78 is 0. The monoisotopic (exact) mass is 143 g/mol. The Bertz CT molecular complexity index is 214. The van der Waals surface area contributed by atoms with Gasteiger partial charge < -0.3 is 11.5 Å². The van der Waals surface area contributed by atoms with Crippen molar-refractivity contribution < 1.29 is 0 Å². The molecule has 0 fully saturated rings. The molecule has 0 saturated heterocycles. The fourth-order valence-electron chi connectivity index (χ4n) is 0.511. The van der Waals surface area contributed by atoms with Crippen LogP contribution in [0.2, 0.25) is 0 Å². The van der Waals surface area contributed by atoms with E-state index in [9.17, 15) is 0 Å². The number of hydrogen-bond acceptors (Lipinski definition) is 3. The van der Waals surface area contributed by atoms with E-state index in [1.54, 1.807) is 17.5 Å². The molecule has 0 aromatic carbocycles. The molecule has 1 rings (SSSR count). The van der Waals surface area contributed by atoms with Crippen LogP contribution in [0.4, 0.5) is 0 Å². The minimum Gasteiger partial charge on any atom is -0.398 e. The van der Waals surface area contributed by atoms with Crippen LogP contribution in [0.15, 0.2) is 22.9 Å². The van der Waals surface area contributed by atoms with Crippen LogP contribution in [-0.4, -0.2) is 5.37 Å². The Kier molecular flexibility index (Phi) is 1.59. The van der Waals surface area contributed by atoms with Gasteiger partial charge in [0.25, 0.3) is 0 Å². The van der Waals surface area contributed by atoms with Gasteiger partial charge in [-0.25, -0.2) is 0 Å². The molecule has 3 nitrogen and oxygen atoms in total. The highest BCUT2D eigenvalue weighted by atomic mass is 32.2. The predicted molar refractivity (Wildman–Crippen MR) is 42.4 cm³/mol. The van der Waals surface area contributed by atoms with Crippen molar-refractivity contribution in [2.75, 3.05) is 0 Å². The van der Waals surface area contributed by atoms with Crippen LogP contribution in [0.3, 0.4) is 0 Å². The smallest absolute Gasteiger partial charge is 0.0737 e. The third-order valence-electron chi connectivity index (χ3n) is 0.975. The van der Waals surface area contributed by atoms with Gasteiger partial charge in [-0.2, -0.15) is 0 Å². The largest absolute Gasteiger partial charge is 0.398 e. The first-order chi connectivity index (χ1) is 4.20. The molecule has 50 valence electrons. The second-order valence-corrected chi connectivity index (χ2v) is 3.18. The van der Waals surface area contributed by atoms with Gasteiger partial charge in [0.1, 0.15) is 0 Å². The molecule has 0 spiro atoms. The summed E-state index contributed by atoms with van der Waals surface area (Å²) in [6.07, 6.45) is 3.48. The number of hydrogen-bond donors (Lipinski definition) is 3. The average Bonchev–Trinajstić information content (AvgIpc) is 1.80. The normalized spacial score (nSPS) is 26.1. The number of rotatable bonds is 0. The van der Waals surface area contributed by atoms with E-state index in [0.29, 0.717) is 10.7 Å². The van der Waals surface area contributed by atoms with E-state index in [-0.39, 0.29) is 0 Å². The first kappa shape index (κ1) is 6.38. The first-order valence-electron chi connectivity index (χ1n) is 2.45. The van der Waals surface area contributed by atoms with E-state index >= 15 is 0 Å². The minimum atomic E-state index is -0.444. The van der Waals surface area contributed by atoms with Crippen molar-refractivity contribution in [3.8, 4) is 0 Å². The summed E-state index contributed by atoms with van der Waals surface area (Å²) in [7, 11) is -0.444. The summed E-state index contributed by atoms with van der Waals surface area (Å²) in [4.78, 5) is 0. The van der Waals surface area contributed by atoms with Crippen molar-refractivity contribution in [3.63, 3.8) is 0 Å². The van der Waals surface area contributed by atoms with Crippen LogP contribution >= 0.6 is 10.7 Å². The zero-order valence-electron chi connectivity index (χ0n) is 4.87. The Labute approximate surface area is 56.3 Å². The van der Waals surface area contributed by atoms with Crippen LogP contribution in [0.1, 0.15) is 0 Å². The lowest BCUT2D eigenvalue weighted by atomic mass is 10.4. The summed E-state index contributed by atoms with van der Waals surface area (Å²) in [6.45, 7) is 0. The number of allylic oxidation sites excluding steroid dienone is 3. The van der Waals surface area contributed by atoms with Crippen molar-refractivity contribution in [3.05, 3.63) is 22.9 Å². The molecule has 0 aromatic rings. The van der Waals surface area contributed by atoms with E-state index in [2.05, 4.69) is 0 Å². The average molecular weight is 143 g/mol. The molecular formula is C5H9N3S. The van der Waals surface area contributed by atoms with Crippen molar-refractivity contribution in [2.45, 2.75) is 0 Å². The molecule has 1 aliphatic rings. The summed E-state index contributed by atoms with van der Waals surface area (Å²) in [5, 5.41) is 7.96. The Morgan fingerprint density at radius 2 is 1.89 bits per heavy atom. The second kappa shape index (κ2) is 2.24. The van der Waals surface area contributed by atoms with Gasteiger partial charge in [0.2, 0.25) is 0 Å². The molecule has 0 amide bonds. The molecule has 0 saturated carbocycles. The standard InChI is InChI=1S/C5H9N3S/c6-4-1-2-5(7)9(8)3-4/h1-3H,6-8H2. The lowest BCUT2D eigenvalue weighted by molar-refractivity contribution is 1.47. The topological polar surface area (TPSA) is 78.1 Å². The zero-order valence-corrected chi connectivity index (χ0v) is 5.69. The van der Waals surface area contributed by atoms with Crippen molar-refractivity contribution in [2.24, 2.45) is 16.6 Å². The maximum absolute atomic E-state index is 5.53. The third-order valence-corrected chi connectivity index (χ3v) is 2.18. The summed E-state index contributed by atoms with van der Waals surface area (Å²) in [6, 6.07) is 0. The van der Waals surface area contributed by atoms with Crippen LogP contribution in [0.25, 0.3) is 0 Å².